The van der Waals surface area contributed by atoms with E-state index in [0.29, 0.717) is 30.7 Å². The number of nitrogens with zero attached hydrogens (tertiary/aromatic N) is 5. The molecule has 0 unspecified atom stereocenters. The molecule has 0 radical (unpaired) electrons. The number of hydrogen-bond acceptors (Lipinski definition) is 8. The van der Waals surface area contributed by atoms with E-state index >= 15 is 0 Å². The van der Waals surface area contributed by atoms with Crippen molar-refractivity contribution in [2.75, 3.05) is 26.2 Å². The number of benzene rings is 2. The van der Waals surface area contributed by atoms with Crippen LogP contribution in [0.15, 0.2) is 91.3 Å². The van der Waals surface area contributed by atoms with Gasteiger partial charge in [-0.25, -0.2) is 9.59 Å². The lowest BCUT2D eigenvalue weighted by Crippen LogP contribution is -2.38. The van der Waals surface area contributed by atoms with Gasteiger partial charge in [0.05, 0.1) is 12.7 Å². The number of aromatic nitrogens is 4. The first-order valence-electron chi connectivity index (χ1n) is 14.9. The largest absolute Gasteiger partial charge is 0.478 e. The summed E-state index contributed by atoms with van der Waals surface area (Å²) in [5, 5.41) is 27.8. The molecule has 0 bridgehead atoms. The molecule has 0 saturated carbocycles. The number of likely N-dealkylation sites (tertiary alicyclic amines) is 1. The van der Waals surface area contributed by atoms with Crippen LogP contribution in [0.4, 0.5) is 0 Å². The highest BCUT2D eigenvalue weighted by atomic mass is 16.5. The number of unbranched alkanes of at least 4 members (excludes halogenated alkanes) is 3. The number of hydrogen-bond donors (Lipinski definition) is 2. The fourth-order valence-electron chi connectivity index (χ4n) is 4.96. The van der Waals surface area contributed by atoms with Crippen molar-refractivity contribution in [1.82, 2.24) is 24.7 Å². The summed E-state index contributed by atoms with van der Waals surface area (Å²) in [4.78, 5) is 21.7. The smallest absolute Gasteiger partial charge is 0.328 e. The Morgan fingerprint density at radius 1 is 0.841 bits per heavy atom. The monoisotopic (exact) mass is 601 g/mol. The van der Waals surface area contributed by atoms with Gasteiger partial charge in [-0.05, 0) is 49.4 Å². The number of ether oxygens (including phenoxy) is 2. The van der Waals surface area contributed by atoms with Crippen LogP contribution in [0, 0.1) is 0 Å². The maximum Gasteiger partial charge on any atom is 0.328 e. The lowest BCUT2D eigenvalue weighted by Gasteiger charge is -2.34. The quantitative estimate of drug-likeness (QED) is 0.149. The number of rotatable bonds is 14. The zero-order valence-corrected chi connectivity index (χ0v) is 24.6. The van der Waals surface area contributed by atoms with Crippen LogP contribution in [0.3, 0.4) is 0 Å². The van der Waals surface area contributed by atoms with E-state index in [0.717, 1.165) is 38.0 Å². The SMILES string of the molecule is O=C(O)/C=C/C(=O)O.c1ccc(C(OC2CCN(CCCCCCOc3ccc4nncn4n3)CC2)c2ccccc2)cc1. The van der Waals surface area contributed by atoms with E-state index < -0.39 is 11.9 Å². The van der Waals surface area contributed by atoms with Crippen molar-refractivity contribution >= 4 is 17.6 Å². The van der Waals surface area contributed by atoms with Crippen LogP contribution in [0.1, 0.15) is 55.8 Å². The van der Waals surface area contributed by atoms with E-state index in [2.05, 4.69) is 80.9 Å². The molecule has 0 aliphatic carbocycles. The molecule has 3 heterocycles. The van der Waals surface area contributed by atoms with Crippen LogP contribution in [0.5, 0.6) is 5.88 Å². The van der Waals surface area contributed by atoms with Crippen molar-refractivity contribution in [3.8, 4) is 5.88 Å². The van der Waals surface area contributed by atoms with Crippen molar-refractivity contribution in [2.45, 2.75) is 50.7 Å². The predicted octanol–water partition coefficient (Wildman–Crippen LogP) is 5.05. The third-order valence-electron chi connectivity index (χ3n) is 7.19. The highest BCUT2D eigenvalue weighted by Crippen LogP contribution is 2.30. The Kier molecular flexibility index (Phi) is 12.8. The standard InChI is InChI=1S/C29H35N5O2.C4H4O4/c1(2-10-22-35-28-16-15-27-31-30-23-34(27)32-28)9-19-33-20-17-26(18-21-33)36-29(24-11-5-3-6-12-24)25-13-7-4-8-14-25;5-3(6)1-2-4(7)8/h3-8,11-16,23,26,29H,1-2,9-10,17-22H2;1-2H,(H,5,6)(H,7,8)/b;2-1+. The molecule has 2 aromatic carbocycles. The van der Waals surface area contributed by atoms with E-state index in [-0.39, 0.29) is 6.10 Å². The van der Waals surface area contributed by atoms with E-state index in [4.69, 9.17) is 19.7 Å². The Bertz CT molecular complexity index is 1400. The zero-order valence-electron chi connectivity index (χ0n) is 24.6. The van der Waals surface area contributed by atoms with Gasteiger partial charge < -0.3 is 24.6 Å². The van der Waals surface area contributed by atoms with Crippen LogP contribution < -0.4 is 4.74 Å². The van der Waals surface area contributed by atoms with Gasteiger partial charge in [0, 0.05) is 31.3 Å². The second-order valence-electron chi connectivity index (χ2n) is 10.5. The molecule has 4 aromatic rings. The third-order valence-corrected chi connectivity index (χ3v) is 7.19. The summed E-state index contributed by atoms with van der Waals surface area (Å²) >= 11 is 0. The summed E-state index contributed by atoms with van der Waals surface area (Å²) in [5.74, 6) is -1.89. The number of piperidine rings is 1. The van der Waals surface area contributed by atoms with E-state index in [1.165, 1.54) is 36.9 Å². The summed E-state index contributed by atoms with van der Waals surface area (Å²) in [5.41, 5.74) is 3.18. The topological polar surface area (TPSA) is 139 Å². The van der Waals surface area contributed by atoms with Crippen LogP contribution in [0.25, 0.3) is 5.65 Å². The molecule has 1 aliphatic rings. The number of aliphatic carboxylic acids is 2. The molecule has 5 rings (SSSR count). The highest BCUT2D eigenvalue weighted by molar-refractivity contribution is 5.89. The Morgan fingerprint density at radius 3 is 2.07 bits per heavy atom. The van der Waals surface area contributed by atoms with Gasteiger partial charge in [0.1, 0.15) is 12.4 Å². The van der Waals surface area contributed by atoms with Gasteiger partial charge in [-0.3, -0.25) is 0 Å². The van der Waals surface area contributed by atoms with Gasteiger partial charge in [-0.15, -0.1) is 15.3 Å². The second-order valence-corrected chi connectivity index (χ2v) is 10.5. The fourth-order valence-corrected chi connectivity index (χ4v) is 4.96. The van der Waals surface area contributed by atoms with Crippen molar-refractivity contribution < 1.29 is 29.3 Å². The number of carboxylic acids is 2. The van der Waals surface area contributed by atoms with E-state index in [1.807, 2.05) is 12.1 Å². The Hall–Kier alpha value is -4.61. The molecular weight excluding hydrogens is 562 g/mol. The predicted molar refractivity (Wildman–Crippen MR) is 164 cm³/mol. The van der Waals surface area contributed by atoms with Crippen molar-refractivity contribution in [3.05, 3.63) is 102 Å². The Labute approximate surface area is 256 Å². The summed E-state index contributed by atoms with van der Waals surface area (Å²) in [6.07, 6.45) is 9.85. The first-order chi connectivity index (χ1) is 21.5. The van der Waals surface area contributed by atoms with Gasteiger partial charge in [0.25, 0.3) is 0 Å². The molecule has 1 fully saturated rings. The lowest BCUT2D eigenvalue weighted by molar-refractivity contribution is -0.134. The Morgan fingerprint density at radius 2 is 1.45 bits per heavy atom. The minimum Gasteiger partial charge on any atom is -0.478 e. The molecule has 11 nitrogen and oxygen atoms in total. The Balaban J connectivity index is 0.000000488. The molecule has 2 N–H and O–H groups in total. The summed E-state index contributed by atoms with van der Waals surface area (Å²) in [6, 6.07) is 24.9. The first-order valence-corrected chi connectivity index (χ1v) is 14.9. The van der Waals surface area contributed by atoms with Crippen LogP contribution in [-0.2, 0) is 14.3 Å². The summed E-state index contributed by atoms with van der Waals surface area (Å²) < 4.78 is 14.1. The molecule has 0 spiro atoms. The van der Waals surface area contributed by atoms with Gasteiger partial charge in [0.15, 0.2) is 5.65 Å². The highest BCUT2D eigenvalue weighted by Gasteiger charge is 2.24. The molecule has 2 aromatic heterocycles. The van der Waals surface area contributed by atoms with E-state index in [9.17, 15) is 9.59 Å². The maximum atomic E-state index is 9.55. The van der Waals surface area contributed by atoms with E-state index in [1.54, 1.807) is 10.8 Å². The first kappa shape index (κ1) is 32.3. The van der Waals surface area contributed by atoms with Gasteiger partial charge in [-0.2, -0.15) is 4.52 Å². The van der Waals surface area contributed by atoms with Crippen molar-refractivity contribution in [2.24, 2.45) is 0 Å². The molecule has 44 heavy (non-hydrogen) atoms. The number of carboxylic acid groups (broad SMARTS) is 2. The lowest BCUT2D eigenvalue weighted by atomic mass is 10.00. The molecule has 0 amide bonds. The van der Waals surface area contributed by atoms with Gasteiger partial charge in [0.2, 0.25) is 5.88 Å². The van der Waals surface area contributed by atoms with Crippen molar-refractivity contribution in [1.29, 1.82) is 0 Å². The molecule has 1 aliphatic heterocycles. The molecule has 0 atom stereocenters. The summed E-state index contributed by atoms with van der Waals surface area (Å²) in [6.45, 7) is 4.08. The van der Waals surface area contributed by atoms with Crippen LogP contribution >= 0.6 is 0 Å². The maximum absolute atomic E-state index is 9.55. The average Bonchev–Trinajstić information content (AvgIpc) is 3.52. The zero-order chi connectivity index (χ0) is 31.0. The normalized spacial score (nSPS) is 14.0. The number of carbonyl (C=O) groups is 2. The molecular formula is C33H39N5O6. The summed E-state index contributed by atoms with van der Waals surface area (Å²) in [7, 11) is 0. The van der Waals surface area contributed by atoms with Crippen LogP contribution in [-0.4, -0.2) is 79.2 Å². The van der Waals surface area contributed by atoms with Gasteiger partial charge in [-0.1, -0.05) is 73.5 Å². The minimum atomic E-state index is -1.26. The second kappa shape index (κ2) is 17.5. The molecule has 232 valence electrons. The minimum absolute atomic E-state index is 0.0000943. The van der Waals surface area contributed by atoms with Crippen LogP contribution in [0.2, 0.25) is 0 Å². The van der Waals surface area contributed by atoms with Crippen molar-refractivity contribution in [3.63, 3.8) is 0 Å². The molecule has 1 saturated heterocycles. The third kappa shape index (κ3) is 10.9. The average molecular weight is 602 g/mol. The number of fused-ring (bicyclic) bond motifs is 1. The molecule has 11 heteroatoms. The van der Waals surface area contributed by atoms with Gasteiger partial charge >= 0.3 is 11.9 Å². The fraction of sp³-hybridized carbons (Fsp3) is 0.364.